The minimum absolute atomic E-state index is 0.0992. The number of ether oxygens (including phenoxy) is 1. The first kappa shape index (κ1) is 21.6. The van der Waals surface area contributed by atoms with E-state index in [0.717, 1.165) is 35.6 Å². The van der Waals surface area contributed by atoms with Gasteiger partial charge in [-0.25, -0.2) is 4.98 Å². The summed E-state index contributed by atoms with van der Waals surface area (Å²) in [7, 11) is 0. The van der Waals surface area contributed by atoms with Gasteiger partial charge in [-0.3, -0.25) is 4.79 Å². The Morgan fingerprint density at radius 3 is 2.50 bits per heavy atom. The molecule has 0 aliphatic rings. The number of carbonyl (C=O) groups excluding carboxylic acids is 1. The first-order valence-electron chi connectivity index (χ1n) is 11.1. The van der Waals surface area contributed by atoms with Gasteiger partial charge < -0.3 is 14.6 Å². The SMILES string of the molecule is CC(C)c1ccccc1OCCCn1c(CNC(=O)c2ccccc2)nc2ccccc21. The number of para-hydroxylation sites is 3. The topological polar surface area (TPSA) is 56.1 Å². The second kappa shape index (κ2) is 10.1. The molecule has 0 fully saturated rings. The molecule has 0 aliphatic heterocycles. The van der Waals surface area contributed by atoms with Crippen LogP contribution in [0.1, 0.15) is 47.9 Å². The zero-order chi connectivity index (χ0) is 22.3. The van der Waals surface area contributed by atoms with Gasteiger partial charge in [-0.2, -0.15) is 0 Å². The lowest BCUT2D eigenvalue weighted by Crippen LogP contribution is -2.24. The Labute approximate surface area is 189 Å². The van der Waals surface area contributed by atoms with E-state index in [9.17, 15) is 4.79 Å². The molecule has 5 nitrogen and oxygen atoms in total. The van der Waals surface area contributed by atoms with Gasteiger partial charge in [-0.05, 0) is 48.2 Å². The van der Waals surface area contributed by atoms with Crippen LogP contribution in [0.15, 0.2) is 78.9 Å². The number of imidazole rings is 1. The zero-order valence-electron chi connectivity index (χ0n) is 18.6. The molecule has 32 heavy (non-hydrogen) atoms. The van der Waals surface area contributed by atoms with Crippen molar-refractivity contribution < 1.29 is 9.53 Å². The Morgan fingerprint density at radius 1 is 0.969 bits per heavy atom. The Bertz CT molecular complexity index is 1180. The average Bonchev–Trinajstić information content (AvgIpc) is 3.18. The van der Waals surface area contributed by atoms with E-state index in [-0.39, 0.29) is 5.91 Å². The minimum Gasteiger partial charge on any atom is -0.493 e. The Kier molecular flexibility index (Phi) is 6.85. The van der Waals surface area contributed by atoms with E-state index in [2.05, 4.69) is 41.9 Å². The summed E-state index contributed by atoms with van der Waals surface area (Å²) in [4.78, 5) is 17.2. The van der Waals surface area contributed by atoms with Crippen molar-refractivity contribution in [1.29, 1.82) is 0 Å². The number of rotatable bonds is 9. The molecule has 0 unspecified atom stereocenters. The van der Waals surface area contributed by atoms with E-state index in [1.807, 2.05) is 60.7 Å². The Morgan fingerprint density at radius 2 is 1.69 bits per heavy atom. The highest BCUT2D eigenvalue weighted by Crippen LogP contribution is 2.26. The number of benzene rings is 3. The van der Waals surface area contributed by atoms with Crippen molar-refractivity contribution in [2.24, 2.45) is 0 Å². The largest absolute Gasteiger partial charge is 0.493 e. The van der Waals surface area contributed by atoms with Gasteiger partial charge in [-0.15, -0.1) is 0 Å². The number of nitrogens with one attached hydrogen (secondary N) is 1. The zero-order valence-corrected chi connectivity index (χ0v) is 18.6. The third kappa shape index (κ3) is 4.99. The maximum Gasteiger partial charge on any atom is 0.251 e. The van der Waals surface area contributed by atoms with Crippen molar-refractivity contribution in [1.82, 2.24) is 14.9 Å². The molecule has 0 saturated carbocycles. The molecule has 0 bridgehead atoms. The van der Waals surface area contributed by atoms with E-state index in [1.165, 1.54) is 5.56 Å². The summed E-state index contributed by atoms with van der Waals surface area (Å²) in [6, 6.07) is 25.5. The van der Waals surface area contributed by atoms with Crippen LogP contribution in [0.4, 0.5) is 0 Å². The molecular formula is C27H29N3O2. The lowest BCUT2D eigenvalue weighted by molar-refractivity contribution is 0.0949. The van der Waals surface area contributed by atoms with Gasteiger partial charge in [0.15, 0.2) is 0 Å². The van der Waals surface area contributed by atoms with Gasteiger partial charge in [0.05, 0.1) is 24.2 Å². The molecule has 1 heterocycles. The Balaban J connectivity index is 1.43. The second-order valence-electron chi connectivity index (χ2n) is 8.11. The van der Waals surface area contributed by atoms with Crippen LogP contribution in [0, 0.1) is 0 Å². The third-order valence-corrected chi connectivity index (χ3v) is 5.50. The fraction of sp³-hybridized carbons (Fsp3) is 0.259. The normalized spacial score (nSPS) is 11.1. The molecule has 4 rings (SSSR count). The molecule has 4 aromatic rings. The molecule has 0 atom stereocenters. The van der Waals surface area contributed by atoms with Gasteiger partial charge in [0, 0.05) is 12.1 Å². The second-order valence-corrected chi connectivity index (χ2v) is 8.11. The van der Waals surface area contributed by atoms with Crippen LogP contribution in [0.3, 0.4) is 0 Å². The van der Waals surface area contributed by atoms with Crippen LogP contribution < -0.4 is 10.1 Å². The van der Waals surface area contributed by atoms with Crippen molar-refractivity contribution in [2.45, 2.75) is 39.3 Å². The number of nitrogens with zero attached hydrogens (tertiary/aromatic N) is 2. The van der Waals surface area contributed by atoms with Crippen molar-refractivity contribution in [3.8, 4) is 5.75 Å². The van der Waals surface area contributed by atoms with E-state index >= 15 is 0 Å². The van der Waals surface area contributed by atoms with E-state index in [1.54, 1.807) is 0 Å². The Hall–Kier alpha value is -3.60. The van der Waals surface area contributed by atoms with Crippen LogP contribution in [-0.2, 0) is 13.1 Å². The fourth-order valence-corrected chi connectivity index (χ4v) is 3.85. The van der Waals surface area contributed by atoms with Crippen molar-refractivity contribution >= 4 is 16.9 Å². The molecule has 0 aliphatic carbocycles. The first-order valence-corrected chi connectivity index (χ1v) is 11.1. The van der Waals surface area contributed by atoms with Gasteiger partial charge in [0.25, 0.3) is 5.91 Å². The van der Waals surface area contributed by atoms with Gasteiger partial charge in [0.2, 0.25) is 0 Å². The molecule has 3 aromatic carbocycles. The third-order valence-electron chi connectivity index (χ3n) is 5.50. The molecule has 5 heteroatoms. The van der Waals surface area contributed by atoms with Crippen LogP contribution in [0.5, 0.6) is 5.75 Å². The average molecular weight is 428 g/mol. The molecule has 1 aromatic heterocycles. The number of carbonyl (C=O) groups is 1. The molecule has 164 valence electrons. The number of hydrogen-bond donors (Lipinski definition) is 1. The van der Waals surface area contributed by atoms with Crippen LogP contribution in [0.25, 0.3) is 11.0 Å². The predicted octanol–water partition coefficient (Wildman–Crippen LogP) is 5.56. The molecule has 0 radical (unpaired) electrons. The molecule has 0 spiro atoms. The van der Waals surface area contributed by atoms with E-state index in [0.29, 0.717) is 24.6 Å². The summed E-state index contributed by atoms with van der Waals surface area (Å²) in [5, 5.41) is 3.00. The van der Waals surface area contributed by atoms with Crippen LogP contribution in [-0.4, -0.2) is 22.1 Å². The number of aromatic nitrogens is 2. The molecule has 1 amide bonds. The number of amides is 1. The van der Waals surface area contributed by atoms with Crippen LogP contribution in [0.2, 0.25) is 0 Å². The molecule has 0 saturated heterocycles. The van der Waals surface area contributed by atoms with E-state index in [4.69, 9.17) is 9.72 Å². The lowest BCUT2D eigenvalue weighted by atomic mass is 10.0. The lowest BCUT2D eigenvalue weighted by Gasteiger charge is -2.15. The standard InChI is InChI=1S/C27H29N3O2/c1-20(2)22-13-6-9-16-25(22)32-18-10-17-30-24-15-8-7-14-23(24)29-26(30)19-28-27(31)21-11-4-3-5-12-21/h3-9,11-16,20H,10,17-19H2,1-2H3,(H,28,31). The first-order chi connectivity index (χ1) is 15.6. The van der Waals surface area contributed by atoms with E-state index < -0.39 is 0 Å². The molecule has 1 N–H and O–H groups in total. The van der Waals surface area contributed by atoms with Crippen LogP contribution >= 0.6 is 0 Å². The summed E-state index contributed by atoms with van der Waals surface area (Å²) < 4.78 is 8.28. The number of aryl methyl sites for hydroxylation is 1. The minimum atomic E-state index is -0.0992. The maximum absolute atomic E-state index is 12.5. The van der Waals surface area contributed by atoms with Gasteiger partial charge in [-0.1, -0.05) is 62.4 Å². The summed E-state index contributed by atoms with van der Waals surface area (Å²) in [5.41, 5.74) is 3.87. The summed E-state index contributed by atoms with van der Waals surface area (Å²) in [6.45, 7) is 6.11. The summed E-state index contributed by atoms with van der Waals surface area (Å²) in [5.74, 6) is 2.12. The monoisotopic (exact) mass is 427 g/mol. The highest BCUT2D eigenvalue weighted by Gasteiger charge is 2.13. The summed E-state index contributed by atoms with van der Waals surface area (Å²) in [6.07, 6.45) is 0.840. The quantitative estimate of drug-likeness (QED) is 0.356. The van der Waals surface area contributed by atoms with Crippen molar-refractivity contribution in [3.05, 3.63) is 95.8 Å². The maximum atomic E-state index is 12.5. The van der Waals surface area contributed by atoms with Crippen molar-refractivity contribution in [2.75, 3.05) is 6.61 Å². The van der Waals surface area contributed by atoms with Crippen molar-refractivity contribution in [3.63, 3.8) is 0 Å². The fourth-order valence-electron chi connectivity index (χ4n) is 3.85. The number of hydrogen-bond acceptors (Lipinski definition) is 3. The smallest absolute Gasteiger partial charge is 0.251 e. The summed E-state index contributed by atoms with van der Waals surface area (Å²) >= 11 is 0. The highest BCUT2D eigenvalue weighted by molar-refractivity contribution is 5.94. The number of fused-ring (bicyclic) bond motifs is 1. The van der Waals surface area contributed by atoms with Gasteiger partial charge >= 0.3 is 0 Å². The molecular weight excluding hydrogens is 398 g/mol. The highest BCUT2D eigenvalue weighted by atomic mass is 16.5. The van der Waals surface area contributed by atoms with Gasteiger partial charge in [0.1, 0.15) is 11.6 Å². The predicted molar refractivity (Wildman–Crippen MR) is 128 cm³/mol.